The summed E-state index contributed by atoms with van der Waals surface area (Å²) in [5, 5.41) is 9.55. The summed E-state index contributed by atoms with van der Waals surface area (Å²) in [5.74, 6) is -1.15. The number of hydrogen-bond donors (Lipinski definition) is 1. The molecule has 0 bridgehead atoms. The lowest BCUT2D eigenvalue weighted by molar-refractivity contribution is 0.0697. The van der Waals surface area contributed by atoms with Gasteiger partial charge in [0.1, 0.15) is 0 Å². The van der Waals surface area contributed by atoms with Crippen LogP contribution >= 0.6 is 0 Å². The van der Waals surface area contributed by atoms with E-state index in [1.54, 1.807) is 18.2 Å². The van der Waals surface area contributed by atoms with E-state index >= 15 is 0 Å². The molecule has 0 unspecified atom stereocenters. The maximum Gasteiger partial charge on any atom is 0.336 e. The fourth-order valence-electron chi connectivity index (χ4n) is 3.20. The topological polar surface area (TPSA) is 54.4 Å². The molecule has 0 amide bonds. The number of ketones is 1. The van der Waals surface area contributed by atoms with Crippen molar-refractivity contribution in [3.8, 4) is 22.3 Å². The molecule has 0 aliphatic heterocycles. The van der Waals surface area contributed by atoms with E-state index in [1.807, 2.05) is 48.5 Å². The molecule has 3 aromatic carbocycles. The minimum absolute atomic E-state index is 0.113. The van der Waals surface area contributed by atoms with Crippen molar-refractivity contribution in [1.29, 1.82) is 0 Å². The second kappa shape index (κ2) is 4.92. The average molecular weight is 300 g/mol. The van der Waals surface area contributed by atoms with Gasteiger partial charge in [0.15, 0.2) is 5.78 Å². The van der Waals surface area contributed by atoms with Crippen LogP contribution in [0.25, 0.3) is 22.3 Å². The zero-order valence-corrected chi connectivity index (χ0v) is 12.1. The van der Waals surface area contributed by atoms with Gasteiger partial charge in [-0.25, -0.2) is 4.79 Å². The van der Waals surface area contributed by atoms with Crippen LogP contribution in [0.2, 0.25) is 0 Å². The van der Waals surface area contributed by atoms with Crippen molar-refractivity contribution in [1.82, 2.24) is 0 Å². The average Bonchev–Trinajstić information content (AvgIpc) is 2.88. The Balaban J connectivity index is 2.10. The maximum absolute atomic E-state index is 12.9. The highest BCUT2D eigenvalue weighted by Gasteiger charge is 2.31. The summed E-state index contributed by atoms with van der Waals surface area (Å²) in [6.45, 7) is 0. The number of carbonyl (C=O) groups is 2. The first kappa shape index (κ1) is 13.5. The molecule has 110 valence electrons. The zero-order valence-electron chi connectivity index (χ0n) is 12.1. The molecule has 0 heterocycles. The molecule has 0 spiro atoms. The zero-order chi connectivity index (χ0) is 16.0. The SMILES string of the molecule is O=C(O)c1ccc2c(c1-c1ccccc1)C(=O)c1ccccc1-2. The lowest BCUT2D eigenvalue weighted by atomic mass is 9.90. The summed E-state index contributed by atoms with van der Waals surface area (Å²) < 4.78 is 0. The van der Waals surface area contributed by atoms with Crippen LogP contribution in [0.4, 0.5) is 0 Å². The molecule has 4 rings (SSSR count). The van der Waals surface area contributed by atoms with Crippen LogP contribution in [-0.4, -0.2) is 16.9 Å². The van der Waals surface area contributed by atoms with Gasteiger partial charge in [0, 0.05) is 16.7 Å². The van der Waals surface area contributed by atoms with Crippen LogP contribution in [0.5, 0.6) is 0 Å². The van der Waals surface area contributed by atoms with E-state index in [2.05, 4.69) is 0 Å². The highest BCUT2D eigenvalue weighted by atomic mass is 16.4. The monoisotopic (exact) mass is 300 g/mol. The van der Waals surface area contributed by atoms with Crippen molar-refractivity contribution in [2.45, 2.75) is 0 Å². The van der Waals surface area contributed by atoms with E-state index < -0.39 is 5.97 Å². The maximum atomic E-state index is 12.9. The first-order valence-corrected chi connectivity index (χ1v) is 7.28. The smallest absolute Gasteiger partial charge is 0.336 e. The van der Waals surface area contributed by atoms with Crippen LogP contribution in [0.15, 0.2) is 66.7 Å². The van der Waals surface area contributed by atoms with E-state index in [0.717, 1.165) is 16.7 Å². The highest BCUT2D eigenvalue weighted by molar-refractivity contribution is 6.26. The van der Waals surface area contributed by atoms with Gasteiger partial charge in [-0.1, -0.05) is 60.7 Å². The molecule has 0 radical (unpaired) electrons. The Morgan fingerprint density at radius 3 is 2.04 bits per heavy atom. The molecule has 1 N–H and O–H groups in total. The van der Waals surface area contributed by atoms with Crippen molar-refractivity contribution >= 4 is 11.8 Å². The number of fused-ring (bicyclic) bond motifs is 3. The highest BCUT2D eigenvalue weighted by Crippen LogP contribution is 2.43. The van der Waals surface area contributed by atoms with Gasteiger partial charge in [-0.15, -0.1) is 0 Å². The molecule has 0 aromatic heterocycles. The standard InChI is InChI=1S/C20H12O3/c21-19-15-9-5-4-8-13(15)14-10-11-16(20(22)23)17(18(14)19)12-6-2-1-3-7-12/h1-11H,(H,22,23). The quantitative estimate of drug-likeness (QED) is 0.601. The number of rotatable bonds is 2. The second-order valence-corrected chi connectivity index (χ2v) is 5.46. The van der Waals surface area contributed by atoms with Gasteiger partial charge in [-0.2, -0.15) is 0 Å². The number of hydrogen-bond acceptors (Lipinski definition) is 2. The lowest BCUT2D eigenvalue weighted by Crippen LogP contribution is -2.06. The van der Waals surface area contributed by atoms with Gasteiger partial charge < -0.3 is 5.11 Å². The number of benzene rings is 3. The van der Waals surface area contributed by atoms with Gasteiger partial charge in [0.05, 0.1) is 5.56 Å². The largest absolute Gasteiger partial charge is 0.478 e. The molecule has 3 heteroatoms. The minimum Gasteiger partial charge on any atom is -0.478 e. The van der Waals surface area contributed by atoms with Crippen LogP contribution < -0.4 is 0 Å². The van der Waals surface area contributed by atoms with Gasteiger partial charge in [-0.3, -0.25) is 4.79 Å². The van der Waals surface area contributed by atoms with Crippen molar-refractivity contribution in [2.75, 3.05) is 0 Å². The second-order valence-electron chi connectivity index (χ2n) is 5.46. The van der Waals surface area contributed by atoms with Crippen LogP contribution in [-0.2, 0) is 0 Å². The number of carbonyl (C=O) groups excluding carboxylic acids is 1. The molecule has 0 saturated carbocycles. The number of carboxylic acids is 1. The summed E-state index contributed by atoms with van der Waals surface area (Å²) in [6, 6.07) is 19.9. The molecular formula is C20H12O3. The molecular weight excluding hydrogens is 288 g/mol. The van der Waals surface area contributed by atoms with Crippen molar-refractivity contribution < 1.29 is 14.7 Å². The van der Waals surface area contributed by atoms with Crippen LogP contribution in [0, 0.1) is 0 Å². The number of aromatic carboxylic acids is 1. The van der Waals surface area contributed by atoms with E-state index in [4.69, 9.17) is 0 Å². The summed E-state index contributed by atoms with van der Waals surface area (Å²) in [5.41, 5.74) is 4.16. The molecule has 0 fully saturated rings. The predicted octanol–water partition coefficient (Wildman–Crippen LogP) is 4.26. The Hall–Kier alpha value is -3.20. The lowest BCUT2D eigenvalue weighted by Gasteiger charge is -2.12. The normalized spacial score (nSPS) is 11.9. The Labute approximate surface area is 132 Å². The molecule has 1 aliphatic rings. The Bertz CT molecular complexity index is 956. The molecule has 3 nitrogen and oxygen atoms in total. The van der Waals surface area contributed by atoms with Gasteiger partial charge in [-0.05, 0) is 22.8 Å². The van der Waals surface area contributed by atoms with Crippen LogP contribution in [0.1, 0.15) is 26.3 Å². The summed E-state index contributed by atoms with van der Waals surface area (Å²) in [4.78, 5) is 24.5. The van der Waals surface area contributed by atoms with E-state index in [0.29, 0.717) is 16.7 Å². The van der Waals surface area contributed by atoms with E-state index in [9.17, 15) is 14.7 Å². The van der Waals surface area contributed by atoms with Crippen molar-refractivity contribution in [2.24, 2.45) is 0 Å². The summed E-state index contributed by atoms with van der Waals surface area (Å²) in [7, 11) is 0. The number of carboxylic acid groups (broad SMARTS) is 1. The molecule has 3 aromatic rings. The molecule has 23 heavy (non-hydrogen) atoms. The van der Waals surface area contributed by atoms with Crippen molar-refractivity contribution in [3.63, 3.8) is 0 Å². The minimum atomic E-state index is -1.03. The fourth-order valence-corrected chi connectivity index (χ4v) is 3.20. The Morgan fingerprint density at radius 2 is 1.35 bits per heavy atom. The third-order valence-corrected chi connectivity index (χ3v) is 4.19. The van der Waals surface area contributed by atoms with E-state index in [-0.39, 0.29) is 11.3 Å². The van der Waals surface area contributed by atoms with Gasteiger partial charge in [0.2, 0.25) is 0 Å². The fraction of sp³-hybridized carbons (Fsp3) is 0. The Morgan fingerprint density at radius 1 is 0.696 bits per heavy atom. The van der Waals surface area contributed by atoms with Gasteiger partial charge >= 0.3 is 5.97 Å². The molecule has 0 atom stereocenters. The summed E-state index contributed by atoms with van der Waals surface area (Å²) >= 11 is 0. The van der Waals surface area contributed by atoms with Crippen molar-refractivity contribution in [3.05, 3.63) is 83.4 Å². The van der Waals surface area contributed by atoms with E-state index in [1.165, 1.54) is 0 Å². The summed E-state index contributed by atoms with van der Waals surface area (Å²) in [6.07, 6.45) is 0. The molecule has 1 aliphatic carbocycles. The first-order valence-electron chi connectivity index (χ1n) is 7.28. The predicted molar refractivity (Wildman–Crippen MR) is 87.7 cm³/mol. The Kier molecular flexibility index (Phi) is 2.88. The van der Waals surface area contributed by atoms with Gasteiger partial charge in [0.25, 0.3) is 0 Å². The third kappa shape index (κ3) is 1.90. The van der Waals surface area contributed by atoms with Crippen LogP contribution in [0.3, 0.4) is 0 Å². The third-order valence-electron chi connectivity index (χ3n) is 4.19. The first-order chi connectivity index (χ1) is 11.2. The molecule has 0 saturated heterocycles.